The third-order valence-corrected chi connectivity index (χ3v) is 12.2. The predicted molar refractivity (Wildman–Crippen MR) is 185 cm³/mol. The second kappa shape index (κ2) is 13.6. The monoisotopic (exact) mass is 666 g/mol. The van der Waals surface area contributed by atoms with Crippen molar-refractivity contribution in [3.8, 4) is 16.9 Å². The molecule has 1 amide bonds. The largest absolute Gasteiger partial charge is 0.335 e. The molecule has 0 N–H and O–H groups in total. The molecule has 5 fully saturated rings. The second-order valence-electron chi connectivity index (χ2n) is 14.3. The van der Waals surface area contributed by atoms with E-state index in [1.807, 2.05) is 42.2 Å². The zero-order valence-electron chi connectivity index (χ0n) is 26.4. The molecule has 5 nitrogen and oxygen atoms in total. The maximum absolute atomic E-state index is 13.9. The van der Waals surface area contributed by atoms with Crippen LogP contribution >= 0.6 is 34.8 Å². The zero-order valence-corrected chi connectivity index (χ0v) is 28.6. The Morgan fingerprint density at radius 3 is 2.11 bits per heavy atom. The molecule has 1 saturated heterocycles. The van der Waals surface area contributed by atoms with E-state index in [9.17, 15) is 4.79 Å². The Bertz CT molecular complexity index is 1480. The summed E-state index contributed by atoms with van der Waals surface area (Å²) in [6.45, 7) is 6.34. The van der Waals surface area contributed by atoms with E-state index < -0.39 is 0 Å². The maximum atomic E-state index is 13.9. The third-order valence-electron chi connectivity index (χ3n) is 11.4. The molecule has 0 radical (unpaired) electrons. The number of carbonyl (C=O) groups excluding carboxylic acids is 1. The van der Waals surface area contributed by atoms with E-state index in [-0.39, 0.29) is 5.91 Å². The van der Waals surface area contributed by atoms with Crippen LogP contribution in [0.2, 0.25) is 15.1 Å². The number of halogens is 3. The van der Waals surface area contributed by atoms with Crippen molar-refractivity contribution < 1.29 is 4.79 Å². The summed E-state index contributed by atoms with van der Waals surface area (Å²) in [6, 6.07) is 12.9. The van der Waals surface area contributed by atoms with Crippen LogP contribution in [0.5, 0.6) is 0 Å². The molecule has 2 aromatic carbocycles. The highest BCUT2D eigenvalue weighted by Gasteiger charge is 2.47. The average molecular weight is 668 g/mol. The van der Waals surface area contributed by atoms with Gasteiger partial charge in [0, 0.05) is 47.4 Å². The fourth-order valence-corrected chi connectivity index (χ4v) is 9.99. The quantitative estimate of drug-likeness (QED) is 0.202. The number of carbonyl (C=O) groups is 1. The van der Waals surface area contributed by atoms with Crippen LogP contribution in [0.4, 0.5) is 0 Å². The van der Waals surface area contributed by atoms with Gasteiger partial charge in [-0.2, -0.15) is 5.10 Å². The molecule has 4 bridgehead atoms. The molecule has 2 heterocycles. The van der Waals surface area contributed by atoms with Crippen LogP contribution in [-0.4, -0.2) is 58.2 Å². The van der Waals surface area contributed by atoms with Gasteiger partial charge >= 0.3 is 0 Å². The third kappa shape index (κ3) is 6.70. The lowest BCUT2D eigenvalue weighted by atomic mass is 9.51. The summed E-state index contributed by atoms with van der Waals surface area (Å²) in [6.07, 6.45) is 14.6. The van der Waals surface area contributed by atoms with E-state index >= 15 is 0 Å². The predicted octanol–water partition coefficient (Wildman–Crippen LogP) is 9.59. The van der Waals surface area contributed by atoms with Crippen molar-refractivity contribution >= 4 is 40.7 Å². The summed E-state index contributed by atoms with van der Waals surface area (Å²) in [5, 5.41) is 6.52. The number of benzene rings is 2. The number of hydrogen-bond donors (Lipinski definition) is 0. The SMILES string of the molecule is Cc1c(C(=O)N2CCN(CCCCCCC3C4CC5CC(C4)CC3C5)CC2)nn(-c2ccc(Cl)cc2Cl)c1-c1ccc(Cl)cc1. The zero-order chi connectivity index (χ0) is 31.1. The smallest absolute Gasteiger partial charge is 0.274 e. The number of rotatable bonds is 10. The second-order valence-corrected chi connectivity index (χ2v) is 15.5. The Labute approximate surface area is 283 Å². The summed E-state index contributed by atoms with van der Waals surface area (Å²) in [5.41, 5.74) is 3.69. The van der Waals surface area contributed by atoms with Gasteiger partial charge in [-0.1, -0.05) is 66.2 Å². The van der Waals surface area contributed by atoms with Gasteiger partial charge < -0.3 is 4.90 Å². The first-order valence-electron chi connectivity index (χ1n) is 17.2. The number of hydrogen-bond acceptors (Lipinski definition) is 3. The van der Waals surface area contributed by atoms with Crippen LogP contribution in [0.1, 0.15) is 80.3 Å². The normalized spacial score (nSPS) is 26.1. The molecule has 240 valence electrons. The lowest BCUT2D eigenvalue weighted by Gasteiger charge is -2.54. The van der Waals surface area contributed by atoms with E-state index in [1.165, 1.54) is 32.1 Å². The molecule has 45 heavy (non-hydrogen) atoms. The highest BCUT2D eigenvalue weighted by atomic mass is 35.5. The van der Waals surface area contributed by atoms with Crippen molar-refractivity contribution in [1.29, 1.82) is 0 Å². The molecule has 0 unspecified atom stereocenters. The molecule has 3 aromatic rings. The van der Waals surface area contributed by atoms with Gasteiger partial charge in [0.05, 0.1) is 16.4 Å². The number of amides is 1. The molecule has 0 atom stereocenters. The van der Waals surface area contributed by atoms with Gasteiger partial charge in [0.25, 0.3) is 5.91 Å². The first-order chi connectivity index (χ1) is 21.8. The fraction of sp³-hybridized carbons (Fsp3) is 0.568. The topological polar surface area (TPSA) is 41.4 Å². The van der Waals surface area contributed by atoms with Crippen LogP contribution < -0.4 is 0 Å². The lowest BCUT2D eigenvalue weighted by Crippen LogP contribution is -2.49. The lowest BCUT2D eigenvalue weighted by molar-refractivity contribution is -0.0404. The van der Waals surface area contributed by atoms with E-state index in [1.54, 1.807) is 48.9 Å². The van der Waals surface area contributed by atoms with Gasteiger partial charge in [-0.15, -0.1) is 0 Å². The van der Waals surface area contributed by atoms with Gasteiger partial charge in [0.2, 0.25) is 0 Å². The van der Waals surface area contributed by atoms with Gasteiger partial charge in [-0.05, 0) is 118 Å². The Morgan fingerprint density at radius 1 is 0.800 bits per heavy atom. The van der Waals surface area contributed by atoms with Crippen LogP contribution in [-0.2, 0) is 0 Å². The van der Waals surface area contributed by atoms with E-state index in [2.05, 4.69) is 4.90 Å². The summed E-state index contributed by atoms with van der Waals surface area (Å²) in [7, 11) is 0. The Morgan fingerprint density at radius 2 is 1.44 bits per heavy atom. The number of unbranched alkanes of at least 4 members (excludes halogenated alkanes) is 3. The van der Waals surface area contributed by atoms with Crippen LogP contribution in [0.15, 0.2) is 42.5 Å². The highest BCUT2D eigenvalue weighted by Crippen LogP contribution is 2.57. The summed E-state index contributed by atoms with van der Waals surface area (Å²) in [4.78, 5) is 18.3. The Kier molecular flexibility index (Phi) is 9.53. The van der Waals surface area contributed by atoms with Crippen molar-refractivity contribution in [2.24, 2.45) is 29.6 Å². The average Bonchev–Trinajstić information content (AvgIpc) is 3.36. The molecule has 5 aliphatic rings. The molecule has 4 aliphatic carbocycles. The first kappa shape index (κ1) is 31.5. The van der Waals surface area contributed by atoms with Crippen molar-refractivity contribution in [2.75, 3.05) is 32.7 Å². The number of piperazine rings is 1. The molecular formula is C37H45Cl3N4O. The summed E-state index contributed by atoms with van der Waals surface area (Å²) < 4.78 is 1.77. The van der Waals surface area contributed by atoms with Crippen LogP contribution in [0, 0.1) is 36.5 Å². The summed E-state index contributed by atoms with van der Waals surface area (Å²) >= 11 is 19.0. The first-order valence-corrected chi connectivity index (χ1v) is 18.3. The Balaban J connectivity index is 0.924. The molecule has 8 heteroatoms. The molecule has 1 aliphatic heterocycles. The molecule has 0 spiro atoms. The molecular weight excluding hydrogens is 623 g/mol. The minimum absolute atomic E-state index is 0.0315. The van der Waals surface area contributed by atoms with Crippen molar-refractivity contribution in [3.63, 3.8) is 0 Å². The van der Waals surface area contributed by atoms with E-state index in [4.69, 9.17) is 39.9 Å². The van der Waals surface area contributed by atoms with Crippen molar-refractivity contribution in [1.82, 2.24) is 19.6 Å². The molecule has 4 saturated carbocycles. The maximum Gasteiger partial charge on any atom is 0.274 e. The van der Waals surface area contributed by atoms with Crippen LogP contribution in [0.25, 0.3) is 16.9 Å². The minimum atomic E-state index is -0.0315. The minimum Gasteiger partial charge on any atom is -0.335 e. The number of aromatic nitrogens is 2. The van der Waals surface area contributed by atoms with Crippen molar-refractivity contribution in [3.05, 3.63) is 68.8 Å². The van der Waals surface area contributed by atoms with Gasteiger partial charge in [0.1, 0.15) is 0 Å². The van der Waals surface area contributed by atoms with Crippen LogP contribution in [0.3, 0.4) is 0 Å². The van der Waals surface area contributed by atoms with Gasteiger partial charge in [-0.25, -0.2) is 4.68 Å². The van der Waals surface area contributed by atoms with Gasteiger partial charge in [-0.3, -0.25) is 9.69 Å². The molecule has 1 aromatic heterocycles. The van der Waals surface area contributed by atoms with E-state index in [0.717, 1.165) is 79.1 Å². The highest BCUT2D eigenvalue weighted by molar-refractivity contribution is 6.35. The van der Waals surface area contributed by atoms with Crippen molar-refractivity contribution in [2.45, 2.75) is 71.1 Å². The molecule has 8 rings (SSSR count). The summed E-state index contributed by atoms with van der Waals surface area (Å²) in [5.74, 6) is 5.32. The number of nitrogens with zero attached hydrogens (tertiary/aromatic N) is 4. The fourth-order valence-electron chi connectivity index (χ4n) is 9.38. The van der Waals surface area contributed by atoms with E-state index in [0.29, 0.717) is 26.4 Å². The standard InChI is InChI=1S/C37H45Cl3N4O/c1-24-35(41-44(34-12-11-31(39)23-33(34)40)36(24)27-7-9-30(38)10-8-27)37(45)43-16-14-42(15-17-43)13-5-3-2-4-6-32-28-19-25-18-26(21-28)22-29(32)20-25/h7-12,23,25-26,28-29,32H,2-6,13-22H2,1H3. The van der Waals surface area contributed by atoms with Gasteiger partial charge in [0.15, 0.2) is 5.69 Å². The Hall–Kier alpha value is -2.05.